The van der Waals surface area contributed by atoms with E-state index in [1.54, 1.807) is 42.5 Å². The van der Waals surface area contributed by atoms with Gasteiger partial charge in [0.25, 0.3) is 5.91 Å². The molecule has 7 heteroatoms. The van der Waals surface area contributed by atoms with E-state index in [0.29, 0.717) is 45.8 Å². The molecular formula is C21H18Cl2FN3O. The molecule has 0 N–H and O–H groups in total. The summed E-state index contributed by atoms with van der Waals surface area (Å²) in [6.07, 6.45) is 3.08. The lowest BCUT2D eigenvalue weighted by Crippen LogP contribution is -2.36. The molecule has 0 unspecified atom stereocenters. The first-order valence-corrected chi connectivity index (χ1v) is 9.90. The van der Waals surface area contributed by atoms with E-state index in [0.717, 1.165) is 19.3 Å². The normalized spacial score (nSPS) is 14.3. The third kappa shape index (κ3) is 3.64. The van der Waals surface area contributed by atoms with Crippen LogP contribution in [0, 0.1) is 5.82 Å². The zero-order valence-corrected chi connectivity index (χ0v) is 16.5. The number of piperidine rings is 1. The van der Waals surface area contributed by atoms with Crippen LogP contribution >= 0.6 is 23.2 Å². The molecule has 0 radical (unpaired) electrons. The highest BCUT2D eigenvalue weighted by Crippen LogP contribution is 2.29. The van der Waals surface area contributed by atoms with Gasteiger partial charge in [-0.25, -0.2) is 9.07 Å². The Morgan fingerprint density at radius 1 is 0.964 bits per heavy atom. The molecule has 144 valence electrons. The van der Waals surface area contributed by atoms with Gasteiger partial charge in [-0.2, -0.15) is 5.10 Å². The predicted molar refractivity (Wildman–Crippen MR) is 109 cm³/mol. The summed E-state index contributed by atoms with van der Waals surface area (Å²) in [5, 5.41) is 5.30. The number of likely N-dealkylation sites (tertiary alicyclic amines) is 1. The molecule has 0 bridgehead atoms. The summed E-state index contributed by atoms with van der Waals surface area (Å²) < 4.78 is 15.8. The monoisotopic (exact) mass is 417 g/mol. The first kappa shape index (κ1) is 19.0. The predicted octanol–water partition coefficient (Wildman–Crippen LogP) is 5.61. The van der Waals surface area contributed by atoms with Crippen molar-refractivity contribution in [2.75, 3.05) is 13.1 Å². The van der Waals surface area contributed by atoms with Crippen molar-refractivity contribution < 1.29 is 9.18 Å². The van der Waals surface area contributed by atoms with Gasteiger partial charge in [-0.05, 0) is 55.7 Å². The standard InChI is InChI=1S/C21H18Cl2FN3O/c22-16-9-8-14(12-17(16)23)27-20(21(28)26-10-4-1-5-11-26)13-19(25-27)15-6-2-3-7-18(15)24/h2-3,6-9,12-13H,1,4-5,10-11H2. The van der Waals surface area contributed by atoms with E-state index in [1.807, 2.05) is 4.90 Å². The zero-order chi connectivity index (χ0) is 19.7. The van der Waals surface area contributed by atoms with E-state index in [4.69, 9.17) is 23.2 Å². The second-order valence-electron chi connectivity index (χ2n) is 6.76. The molecule has 1 amide bonds. The van der Waals surface area contributed by atoms with Crippen LogP contribution in [0.5, 0.6) is 0 Å². The molecule has 28 heavy (non-hydrogen) atoms. The summed E-state index contributed by atoms with van der Waals surface area (Å²) in [5.41, 5.74) is 1.70. The first-order chi connectivity index (χ1) is 13.5. The fraction of sp³-hybridized carbons (Fsp3) is 0.238. The molecule has 0 saturated carbocycles. The van der Waals surface area contributed by atoms with Crippen molar-refractivity contribution >= 4 is 29.1 Å². The molecule has 4 nitrogen and oxygen atoms in total. The van der Waals surface area contributed by atoms with E-state index in [-0.39, 0.29) is 5.91 Å². The molecule has 4 rings (SSSR count). The van der Waals surface area contributed by atoms with Gasteiger partial charge >= 0.3 is 0 Å². The van der Waals surface area contributed by atoms with Crippen LogP contribution in [0.25, 0.3) is 16.9 Å². The number of amides is 1. The quantitative estimate of drug-likeness (QED) is 0.555. The molecule has 0 spiro atoms. The second kappa shape index (κ2) is 7.94. The smallest absolute Gasteiger partial charge is 0.272 e. The Balaban J connectivity index is 1.83. The minimum absolute atomic E-state index is 0.124. The van der Waals surface area contributed by atoms with Crippen LogP contribution in [0.2, 0.25) is 10.0 Å². The minimum Gasteiger partial charge on any atom is -0.337 e. The third-order valence-corrected chi connectivity index (χ3v) is 5.61. The van der Waals surface area contributed by atoms with Crippen LogP contribution in [0.3, 0.4) is 0 Å². The van der Waals surface area contributed by atoms with Gasteiger partial charge in [0.1, 0.15) is 11.5 Å². The molecule has 1 aliphatic rings. The van der Waals surface area contributed by atoms with Crippen LogP contribution in [-0.4, -0.2) is 33.7 Å². The molecule has 2 aromatic carbocycles. The van der Waals surface area contributed by atoms with E-state index in [9.17, 15) is 9.18 Å². The lowest BCUT2D eigenvalue weighted by Gasteiger charge is -2.26. The summed E-state index contributed by atoms with van der Waals surface area (Å²) in [6, 6.07) is 13.0. The molecule has 2 heterocycles. The van der Waals surface area contributed by atoms with Gasteiger partial charge in [0, 0.05) is 18.7 Å². The van der Waals surface area contributed by atoms with Crippen molar-refractivity contribution in [2.45, 2.75) is 19.3 Å². The number of hydrogen-bond acceptors (Lipinski definition) is 2. The van der Waals surface area contributed by atoms with Crippen LogP contribution in [0.4, 0.5) is 4.39 Å². The summed E-state index contributed by atoms with van der Waals surface area (Å²) in [5.74, 6) is -0.515. The molecule has 0 atom stereocenters. The number of rotatable bonds is 3. The number of aromatic nitrogens is 2. The van der Waals surface area contributed by atoms with Gasteiger partial charge in [0.05, 0.1) is 21.4 Å². The van der Waals surface area contributed by atoms with E-state index in [2.05, 4.69) is 5.10 Å². The SMILES string of the molecule is O=C(c1cc(-c2ccccc2F)nn1-c1ccc(Cl)c(Cl)c1)N1CCCCC1. The Labute approximate surface area is 172 Å². The summed E-state index contributed by atoms with van der Waals surface area (Å²) in [4.78, 5) is 15.0. The number of halogens is 3. The van der Waals surface area contributed by atoms with Crippen molar-refractivity contribution in [1.29, 1.82) is 0 Å². The van der Waals surface area contributed by atoms with Crippen molar-refractivity contribution in [1.82, 2.24) is 14.7 Å². The number of carbonyl (C=O) groups excluding carboxylic acids is 1. The Bertz CT molecular complexity index is 1030. The largest absolute Gasteiger partial charge is 0.337 e. The highest BCUT2D eigenvalue weighted by molar-refractivity contribution is 6.42. The minimum atomic E-state index is -0.390. The number of hydrogen-bond donors (Lipinski definition) is 0. The first-order valence-electron chi connectivity index (χ1n) is 9.14. The van der Waals surface area contributed by atoms with Gasteiger partial charge in [0.2, 0.25) is 0 Å². The van der Waals surface area contributed by atoms with Crippen LogP contribution in [-0.2, 0) is 0 Å². The maximum absolute atomic E-state index is 14.3. The topological polar surface area (TPSA) is 38.1 Å². The molecule has 1 aliphatic heterocycles. The molecular weight excluding hydrogens is 400 g/mol. The molecule has 1 aromatic heterocycles. The summed E-state index contributed by atoms with van der Waals surface area (Å²) in [6.45, 7) is 1.42. The maximum Gasteiger partial charge on any atom is 0.272 e. The van der Waals surface area contributed by atoms with Crippen molar-refractivity contribution in [3.8, 4) is 16.9 Å². The lowest BCUT2D eigenvalue weighted by atomic mass is 10.1. The van der Waals surface area contributed by atoms with Crippen LogP contribution in [0.1, 0.15) is 29.8 Å². The number of nitrogens with zero attached hydrogens (tertiary/aromatic N) is 3. The Kier molecular flexibility index (Phi) is 5.38. The third-order valence-electron chi connectivity index (χ3n) is 4.87. The highest BCUT2D eigenvalue weighted by Gasteiger charge is 2.25. The van der Waals surface area contributed by atoms with Crippen molar-refractivity contribution in [3.63, 3.8) is 0 Å². The average molecular weight is 418 g/mol. The van der Waals surface area contributed by atoms with E-state index in [1.165, 1.54) is 10.7 Å². The van der Waals surface area contributed by atoms with E-state index < -0.39 is 5.82 Å². The molecule has 3 aromatic rings. The number of benzene rings is 2. The van der Waals surface area contributed by atoms with Crippen molar-refractivity contribution in [2.24, 2.45) is 0 Å². The maximum atomic E-state index is 14.3. The highest BCUT2D eigenvalue weighted by atomic mass is 35.5. The van der Waals surface area contributed by atoms with Gasteiger partial charge in [-0.1, -0.05) is 35.3 Å². The average Bonchev–Trinajstić information content (AvgIpc) is 3.15. The molecule has 1 saturated heterocycles. The van der Waals surface area contributed by atoms with Crippen LogP contribution in [0.15, 0.2) is 48.5 Å². The molecule has 1 fully saturated rings. The summed E-state index contributed by atoms with van der Waals surface area (Å²) in [7, 11) is 0. The van der Waals surface area contributed by atoms with Crippen LogP contribution < -0.4 is 0 Å². The Morgan fingerprint density at radius 3 is 2.43 bits per heavy atom. The van der Waals surface area contributed by atoms with E-state index >= 15 is 0 Å². The van der Waals surface area contributed by atoms with Gasteiger partial charge in [0.15, 0.2) is 0 Å². The van der Waals surface area contributed by atoms with Gasteiger partial charge in [-0.3, -0.25) is 4.79 Å². The molecule has 0 aliphatic carbocycles. The van der Waals surface area contributed by atoms with Gasteiger partial charge in [-0.15, -0.1) is 0 Å². The van der Waals surface area contributed by atoms with Crippen molar-refractivity contribution in [3.05, 3.63) is 70.1 Å². The fourth-order valence-corrected chi connectivity index (χ4v) is 3.70. The summed E-state index contributed by atoms with van der Waals surface area (Å²) >= 11 is 12.2. The zero-order valence-electron chi connectivity index (χ0n) is 15.0. The fourth-order valence-electron chi connectivity index (χ4n) is 3.41. The Hall–Kier alpha value is -2.37. The lowest BCUT2D eigenvalue weighted by molar-refractivity contribution is 0.0715. The van der Waals surface area contributed by atoms with Gasteiger partial charge < -0.3 is 4.90 Å². The number of carbonyl (C=O) groups is 1. The second-order valence-corrected chi connectivity index (χ2v) is 7.57. The Morgan fingerprint density at radius 2 is 1.71 bits per heavy atom.